The second kappa shape index (κ2) is 3.98. The molecule has 1 heteroatoms. The molecule has 0 aliphatic heterocycles. The van der Waals surface area contributed by atoms with Crippen molar-refractivity contribution < 1.29 is 0 Å². The van der Waals surface area contributed by atoms with Crippen molar-refractivity contribution in [1.29, 1.82) is 0 Å². The minimum Gasteiger partial charge on any atom is -0.311 e. The largest absolute Gasteiger partial charge is 0.311 e. The van der Waals surface area contributed by atoms with Gasteiger partial charge in [-0.25, -0.2) is 0 Å². The lowest BCUT2D eigenvalue weighted by Gasteiger charge is -2.62. The molecule has 4 aliphatic carbocycles. The summed E-state index contributed by atoms with van der Waals surface area (Å²) < 4.78 is 0. The van der Waals surface area contributed by atoms with E-state index in [0.29, 0.717) is 6.04 Å². The zero-order valence-electron chi connectivity index (χ0n) is 12.0. The van der Waals surface area contributed by atoms with Gasteiger partial charge < -0.3 is 5.32 Å². The van der Waals surface area contributed by atoms with E-state index < -0.39 is 0 Å². The molecule has 2 atom stereocenters. The van der Waals surface area contributed by atoms with Gasteiger partial charge in [0.1, 0.15) is 0 Å². The average molecular weight is 235 g/mol. The second-order valence-corrected chi connectivity index (χ2v) is 7.83. The van der Waals surface area contributed by atoms with Crippen LogP contribution >= 0.6 is 0 Å². The standard InChI is InChI=1S/C16H29N/c1-10(2)16-7-12-5-13(8-16)15(17-11(3)4)14(6-12)9-16/h10-15,17H,5-9H2,1-4H3. The van der Waals surface area contributed by atoms with Crippen molar-refractivity contribution in [1.82, 2.24) is 5.32 Å². The van der Waals surface area contributed by atoms with E-state index in [1.54, 1.807) is 6.42 Å². The van der Waals surface area contributed by atoms with Gasteiger partial charge in [0, 0.05) is 12.1 Å². The number of hydrogen-bond acceptors (Lipinski definition) is 1. The Kier molecular flexibility index (Phi) is 2.81. The quantitative estimate of drug-likeness (QED) is 0.784. The number of rotatable bonds is 3. The summed E-state index contributed by atoms with van der Waals surface area (Å²) in [5, 5.41) is 3.88. The Morgan fingerprint density at radius 2 is 1.53 bits per heavy atom. The lowest BCUT2D eigenvalue weighted by Crippen LogP contribution is -2.60. The van der Waals surface area contributed by atoms with Crippen LogP contribution in [-0.4, -0.2) is 12.1 Å². The van der Waals surface area contributed by atoms with Crippen molar-refractivity contribution in [2.45, 2.75) is 71.9 Å². The smallest absolute Gasteiger partial charge is 0.0127 e. The lowest BCUT2D eigenvalue weighted by molar-refractivity contribution is -0.101. The van der Waals surface area contributed by atoms with Gasteiger partial charge in [0.2, 0.25) is 0 Å². The van der Waals surface area contributed by atoms with Crippen LogP contribution in [0.2, 0.25) is 0 Å². The highest BCUT2D eigenvalue weighted by Crippen LogP contribution is 2.62. The van der Waals surface area contributed by atoms with Crippen molar-refractivity contribution in [3.63, 3.8) is 0 Å². The van der Waals surface area contributed by atoms with Gasteiger partial charge >= 0.3 is 0 Å². The molecule has 2 unspecified atom stereocenters. The first kappa shape index (κ1) is 12.0. The zero-order chi connectivity index (χ0) is 12.2. The van der Waals surface area contributed by atoms with E-state index in [4.69, 9.17) is 0 Å². The molecule has 98 valence electrons. The van der Waals surface area contributed by atoms with E-state index in [1.807, 2.05) is 0 Å². The minimum absolute atomic E-state index is 0.660. The third-order valence-corrected chi connectivity index (χ3v) is 6.07. The minimum atomic E-state index is 0.660. The van der Waals surface area contributed by atoms with Gasteiger partial charge in [-0.3, -0.25) is 0 Å². The van der Waals surface area contributed by atoms with Crippen LogP contribution in [0, 0.1) is 29.1 Å². The topological polar surface area (TPSA) is 12.0 Å². The number of hydrogen-bond donors (Lipinski definition) is 1. The van der Waals surface area contributed by atoms with Gasteiger partial charge in [-0.1, -0.05) is 27.7 Å². The molecule has 4 saturated carbocycles. The molecule has 1 nitrogen and oxygen atoms in total. The first-order valence-corrected chi connectivity index (χ1v) is 7.76. The van der Waals surface area contributed by atoms with Crippen molar-refractivity contribution in [2.75, 3.05) is 0 Å². The van der Waals surface area contributed by atoms with E-state index in [1.165, 1.54) is 25.7 Å². The second-order valence-electron chi connectivity index (χ2n) is 7.83. The maximum atomic E-state index is 3.88. The molecule has 4 bridgehead atoms. The van der Waals surface area contributed by atoms with Crippen molar-refractivity contribution >= 4 is 0 Å². The van der Waals surface area contributed by atoms with Gasteiger partial charge in [0.05, 0.1) is 0 Å². The van der Waals surface area contributed by atoms with Crippen LogP contribution in [0.25, 0.3) is 0 Å². The Bertz CT molecular complexity index is 278. The van der Waals surface area contributed by atoms with Crippen molar-refractivity contribution in [3.8, 4) is 0 Å². The lowest BCUT2D eigenvalue weighted by atomic mass is 9.45. The van der Waals surface area contributed by atoms with Crippen LogP contribution in [0.4, 0.5) is 0 Å². The summed E-state index contributed by atoms with van der Waals surface area (Å²) in [5.41, 5.74) is 0.728. The Balaban J connectivity index is 1.81. The summed E-state index contributed by atoms with van der Waals surface area (Å²) in [6, 6.07) is 1.51. The third kappa shape index (κ3) is 1.85. The fraction of sp³-hybridized carbons (Fsp3) is 1.00. The van der Waals surface area contributed by atoms with E-state index >= 15 is 0 Å². The first-order valence-electron chi connectivity index (χ1n) is 7.76. The Hall–Kier alpha value is -0.0400. The summed E-state index contributed by atoms with van der Waals surface area (Å²) in [4.78, 5) is 0. The Labute approximate surface area is 107 Å². The highest BCUT2D eigenvalue weighted by atomic mass is 15.0. The van der Waals surface area contributed by atoms with Crippen LogP contribution < -0.4 is 5.32 Å². The molecule has 0 aromatic rings. The maximum absolute atomic E-state index is 3.88. The predicted octanol–water partition coefficient (Wildman–Crippen LogP) is 3.84. The molecular weight excluding hydrogens is 206 g/mol. The molecule has 0 heterocycles. The molecule has 0 saturated heterocycles. The van der Waals surface area contributed by atoms with Gasteiger partial charge in [0.25, 0.3) is 0 Å². The first-order chi connectivity index (χ1) is 8.00. The van der Waals surface area contributed by atoms with Gasteiger partial charge in [-0.05, 0) is 61.2 Å². The Morgan fingerprint density at radius 1 is 0.941 bits per heavy atom. The van der Waals surface area contributed by atoms with Crippen molar-refractivity contribution in [2.24, 2.45) is 29.1 Å². The third-order valence-electron chi connectivity index (χ3n) is 6.07. The van der Waals surface area contributed by atoms with Crippen LogP contribution in [0.1, 0.15) is 59.8 Å². The molecule has 4 fully saturated rings. The normalized spacial score (nSPS) is 48.4. The predicted molar refractivity (Wildman–Crippen MR) is 72.9 cm³/mol. The summed E-state index contributed by atoms with van der Waals surface area (Å²) in [5.74, 6) is 3.95. The fourth-order valence-corrected chi connectivity index (χ4v) is 5.45. The number of nitrogens with one attached hydrogen (secondary N) is 1. The van der Waals surface area contributed by atoms with Crippen LogP contribution in [0.15, 0.2) is 0 Å². The highest BCUT2D eigenvalue weighted by Gasteiger charge is 2.55. The summed E-state index contributed by atoms with van der Waals surface area (Å²) in [7, 11) is 0. The zero-order valence-corrected chi connectivity index (χ0v) is 12.0. The van der Waals surface area contributed by atoms with Crippen LogP contribution in [0.5, 0.6) is 0 Å². The molecule has 0 aromatic carbocycles. The van der Waals surface area contributed by atoms with E-state index in [0.717, 1.165) is 35.1 Å². The summed E-state index contributed by atoms with van der Waals surface area (Å²) in [6.45, 7) is 9.56. The SMILES string of the molecule is CC(C)NC1C2CC3CC1CC(C(C)C)(C3)C2. The molecule has 0 aromatic heterocycles. The van der Waals surface area contributed by atoms with Crippen molar-refractivity contribution in [3.05, 3.63) is 0 Å². The monoisotopic (exact) mass is 235 g/mol. The van der Waals surface area contributed by atoms with E-state index in [2.05, 4.69) is 33.0 Å². The maximum Gasteiger partial charge on any atom is 0.0127 e. The highest BCUT2D eigenvalue weighted by molar-refractivity contribution is 5.08. The van der Waals surface area contributed by atoms with Crippen LogP contribution in [-0.2, 0) is 0 Å². The molecule has 4 rings (SSSR count). The molecule has 0 radical (unpaired) electrons. The molecule has 17 heavy (non-hydrogen) atoms. The molecule has 0 spiro atoms. The molecule has 4 aliphatic rings. The summed E-state index contributed by atoms with van der Waals surface area (Å²) in [6.07, 6.45) is 7.63. The molecule has 0 amide bonds. The van der Waals surface area contributed by atoms with Gasteiger partial charge in [-0.2, -0.15) is 0 Å². The van der Waals surface area contributed by atoms with E-state index in [-0.39, 0.29) is 0 Å². The summed E-state index contributed by atoms with van der Waals surface area (Å²) >= 11 is 0. The fourth-order valence-electron chi connectivity index (χ4n) is 5.45. The van der Waals surface area contributed by atoms with E-state index in [9.17, 15) is 0 Å². The molecular formula is C16H29N. The average Bonchev–Trinajstić information content (AvgIpc) is 2.22. The van der Waals surface area contributed by atoms with Gasteiger partial charge in [0.15, 0.2) is 0 Å². The Morgan fingerprint density at radius 3 is 2.00 bits per heavy atom. The molecule has 1 N–H and O–H groups in total. The van der Waals surface area contributed by atoms with Gasteiger partial charge in [-0.15, -0.1) is 0 Å². The van der Waals surface area contributed by atoms with Crippen LogP contribution in [0.3, 0.4) is 0 Å².